The molecule has 4 rings (SSSR count). The number of rotatable bonds is 6. The number of esters is 1. The molecule has 0 saturated carbocycles. The average molecular weight is 405 g/mol. The Balaban J connectivity index is 1.77. The number of nitrogens with one attached hydrogen (secondary N) is 1. The third kappa shape index (κ3) is 3.60. The molecule has 152 valence electrons. The lowest BCUT2D eigenvalue weighted by Crippen LogP contribution is -2.02. The Labute approximate surface area is 172 Å². The lowest BCUT2D eigenvalue weighted by atomic mass is 10.0. The standard InChI is InChI=1S/C21H19N5O4/c1-28-17-7-8-18(25-20(17)29-2)24-16-10-15(11-26-19(16)22-12-23-26)13-5-4-6-14(9-13)21(27)30-3/h4-12H,1-3H3,(H,24,25). The van der Waals surface area contributed by atoms with E-state index in [1.165, 1.54) is 20.5 Å². The summed E-state index contributed by atoms with van der Waals surface area (Å²) in [5.74, 6) is 1.05. The summed E-state index contributed by atoms with van der Waals surface area (Å²) in [6.45, 7) is 0. The normalized spacial score (nSPS) is 10.6. The SMILES string of the molecule is COC(=O)c1cccc(-c2cc(Nc3ccc(OC)c(OC)n3)c3ncnn3c2)c1. The first-order chi connectivity index (χ1) is 14.6. The summed E-state index contributed by atoms with van der Waals surface area (Å²) in [6.07, 6.45) is 3.31. The zero-order valence-corrected chi connectivity index (χ0v) is 16.6. The number of anilines is 2. The molecule has 0 aliphatic heterocycles. The summed E-state index contributed by atoms with van der Waals surface area (Å²) < 4.78 is 17.0. The molecule has 4 aromatic rings. The Morgan fingerprint density at radius 1 is 1.03 bits per heavy atom. The summed E-state index contributed by atoms with van der Waals surface area (Å²) in [4.78, 5) is 20.6. The van der Waals surface area contributed by atoms with Crippen LogP contribution in [-0.2, 0) is 4.74 Å². The number of carbonyl (C=O) groups excluding carboxylic acids is 1. The van der Waals surface area contributed by atoms with E-state index in [1.54, 1.807) is 42.0 Å². The summed E-state index contributed by atoms with van der Waals surface area (Å²) in [7, 11) is 4.44. The van der Waals surface area contributed by atoms with Crippen LogP contribution >= 0.6 is 0 Å². The van der Waals surface area contributed by atoms with Gasteiger partial charge in [-0.1, -0.05) is 12.1 Å². The molecule has 1 N–H and O–H groups in total. The van der Waals surface area contributed by atoms with Gasteiger partial charge in [-0.25, -0.2) is 14.3 Å². The number of nitrogens with zero attached hydrogens (tertiary/aromatic N) is 4. The summed E-state index contributed by atoms with van der Waals surface area (Å²) in [5, 5.41) is 7.51. The number of hydrogen-bond donors (Lipinski definition) is 1. The molecule has 0 radical (unpaired) electrons. The van der Waals surface area contributed by atoms with Gasteiger partial charge in [0.25, 0.3) is 5.88 Å². The monoisotopic (exact) mass is 405 g/mol. The van der Waals surface area contributed by atoms with E-state index >= 15 is 0 Å². The van der Waals surface area contributed by atoms with Crippen molar-refractivity contribution < 1.29 is 19.0 Å². The predicted molar refractivity (Wildman–Crippen MR) is 110 cm³/mol. The van der Waals surface area contributed by atoms with Crippen LogP contribution in [0.5, 0.6) is 11.6 Å². The zero-order chi connectivity index (χ0) is 21.1. The van der Waals surface area contributed by atoms with E-state index in [9.17, 15) is 4.79 Å². The number of ether oxygens (including phenoxy) is 3. The topological polar surface area (TPSA) is 99.9 Å². The zero-order valence-electron chi connectivity index (χ0n) is 16.6. The molecule has 9 nitrogen and oxygen atoms in total. The molecule has 0 aliphatic rings. The molecule has 0 saturated heterocycles. The van der Waals surface area contributed by atoms with Crippen LogP contribution in [0.4, 0.5) is 11.5 Å². The van der Waals surface area contributed by atoms with Crippen LogP contribution in [0, 0.1) is 0 Å². The van der Waals surface area contributed by atoms with Gasteiger partial charge < -0.3 is 19.5 Å². The van der Waals surface area contributed by atoms with Gasteiger partial charge in [0.2, 0.25) is 0 Å². The van der Waals surface area contributed by atoms with Crippen LogP contribution in [0.25, 0.3) is 16.8 Å². The molecule has 0 bridgehead atoms. The molecule has 0 spiro atoms. The highest BCUT2D eigenvalue weighted by Gasteiger charge is 2.13. The lowest BCUT2D eigenvalue weighted by Gasteiger charge is -2.12. The number of hydrogen-bond acceptors (Lipinski definition) is 8. The fraction of sp³-hybridized carbons (Fsp3) is 0.143. The number of pyridine rings is 2. The second-order valence-electron chi connectivity index (χ2n) is 6.28. The third-order valence-corrected chi connectivity index (χ3v) is 4.49. The fourth-order valence-corrected chi connectivity index (χ4v) is 3.06. The van der Waals surface area contributed by atoms with E-state index < -0.39 is 5.97 Å². The van der Waals surface area contributed by atoms with Crippen LogP contribution in [0.3, 0.4) is 0 Å². The maximum absolute atomic E-state index is 11.9. The average Bonchev–Trinajstić information content (AvgIpc) is 3.27. The molecule has 3 aromatic heterocycles. The maximum atomic E-state index is 11.9. The molecule has 3 heterocycles. The molecule has 0 unspecified atom stereocenters. The Morgan fingerprint density at radius 2 is 1.90 bits per heavy atom. The van der Waals surface area contributed by atoms with Crippen molar-refractivity contribution in [3.8, 4) is 22.8 Å². The molecule has 9 heteroatoms. The third-order valence-electron chi connectivity index (χ3n) is 4.49. The largest absolute Gasteiger partial charge is 0.491 e. The van der Waals surface area contributed by atoms with Crippen LogP contribution in [-0.4, -0.2) is 46.9 Å². The Kier molecular flexibility index (Phi) is 5.17. The van der Waals surface area contributed by atoms with Crippen molar-refractivity contribution in [3.05, 3.63) is 60.6 Å². The highest BCUT2D eigenvalue weighted by atomic mass is 16.5. The molecule has 1 aromatic carbocycles. The lowest BCUT2D eigenvalue weighted by molar-refractivity contribution is 0.0601. The maximum Gasteiger partial charge on any atom is 0.337 e. The summed E-state index contributed by atoms with van der Waals surface area (Å²) >= 11 is 0. The summed E-state index contributed by atoms with van der Waals surface area (Å²) in [5.41, 5.74) is 3.44. The molecule has 0 fully saturated rings. The van der Waals surface area contributed by atoms with E-state index in [4.69, 9.17) is 14.2 Å². The molecular weight excluding hydrogens is 386 g/mol. The minimum Gasteiger partial charge on any atom is -0.491 e. The van der Waals surface area contributed by atoms with Gasteiger partial charge >= 0.3 is 5.97 Å². The van der Waals surface area contributed by atoms with E-state index in [0.717, 1.165) is 11.1 Å². The van der Waals surface area contributed by atoms with Crippen LogP contribution < -0.4 is 14.8 Å². The van der Waals surface area contributed by atoms with Gasteiger partial charge in [0.05, 0.1) is 32.6 Å². The van der Waals surface area contributed by atoms with Crippen LogP contribution in [0.2, 0.25) is 0 Å². The smallest absolute Gasteiger partial charge is 0.337 e. The van der Waals surface area contributed by atoms with E-state index in [0.29, 0.717) is 34.3 Å². The van der Waals surface area contributed by atoms with Gasteiger partial charge in [0.15, 0.2) is 11.4 Å². The fourth-order valence-electron chi connectivity index (χ4n) is 3.06. The van der Waals surface area contributed by atoms with Crippen molar-refractivity contribution in [3.63, 3.8) is 0 Å². The highest BCUT2D eigenvalue weighted by Crippen LogP contribution is 2.30. The van der Waals surface area contributed by atoms with Crippen molar-refractivity contribution >= 4 is 23.1 Å². The number of carbonyl (C=O) groups is 1. The Hall–Kier alpha value is -4.14. The number of fused-ring (bicyclic) bond motifs is 1. The number of aromatic nitrogens is 4. The Bertz CT molecular complexity index is 1220. The predicted octanol–water partition coefficient (Wildman–Crippen LogP) is 3.34. The van der Waals surface area contributed by atoms with E-state index in [-0.39, 0.29) is 0 Å². The molecular formula is C21H19N5O4. The second kappa shape index (κ2) is 8.08. The van der Waals surface area contributed by atoms with Crippen LogP contribution in [0.15, 0.2) is 55.0 Å². The van der Waals surface area contributed by atoms with Crippen molar-refractivity contribution in [2.24, 2.45) is 0 Å². The number of benzene rings is 1. The Morgan fingerprint density at radius 3 is 2.67 bits per heavy atom. The first-order valence-electron chi connectivity index (χ1n) is 9.01. The van der Waals surface area contributed by atoms with Gasteiger partial charge in [-0.2, -0.15) is 10.1 Å². The van der Waals surface area contributed by atoms with Gasteiger partial charge in [-0.3, -0.25) is 0 Å². The van der Waals surface area contributed by atoms with Gasteiger partial charge in [-0.15, -0.1) is 0 Å². The minimum atomic E-state index is -0.397. The van der Waals surface area contributed by atoms with Crippen molar-refractivity contribution in [1.82, 2.24) is 19.6 Å². The van der Waals surface area contributed by atoms with E-state index in [2.05, 4.69) is 20.4 Å². The number of methoxy groups -OCH3 is 3. The quantitative estimate of drug-likeness (QED) is 0.488. The van der Waals surface area contributed by atoms with Gasteiger partial charge in [0, 0.05) is 11.8 Å². The molecule has 0 aliphatic carbocycles. The summed E-state index contributed by atoms with van der Waals surface area (Å²) in [6, 6.07) is 12.6. The van der Waals surface area contributed by atoms with Crippen molar-refractivity contribution in [2.45, 2.75) is 0 Å². The molecule has 0 amide bonds. The van der Waals surface area contributed by atoms with Gasteiger partial charge in [0.1, 0.15) is 12.1 Å². The van der Waals surface area contributed by atoms with Gasteiger partial charge in [-0.05, 0) is 35.9 Å². The van der Waals surface area contributed by atoms with Crippen LogP contribution in [0.1, 0.15) is 10.4 Å². The van der Waals surface area contributed by atoms with E-state index in [1.807, 2.05) is 18.3 Å². The molecule has 30 heavy (non-hydrogen) atoms. The minimum absolute atomic E-state index is 0.363. The first kappa shape index (κ1) is 19.2. The molecule has 0 atom stereocenters. The second-order valence-corrected chi connectivity index (χ2v) is 6.28. The highest BCUT2D eigenvalue weighted by molar-refractivity contribution is 5.91. The first-order valence-corrected chi connectivity index (χ1v) is 9.01. The van der Waals surface area contributed by atoms with Crippen molar-refractivity contribution in [1.29, 1.82) is 0 Å². The van der Waals surface area contributed by atoms with Crippen molar-refractivity contribution in [2.75, 3.05) is 26.6 Å².